The zero-order valence-electron chi connectivity index (χ0n) is 14.2. The molecule has 0 aromatic carbocycles. The highest BCUT2D eigenvalue weighted by Gasteiger charge is 2.21. The summed E-state index contributed by atoms with van der Waals surface area (Å²) in [6, 6.07) is 0. The Morgan fingerprint density at radius 2 is 1.92 bits per heavy atom. The summed E-state index contributed by atoms with van der Waals surface area (Å²) in [4.78, 5) is 10.4. The number of aliphatic hydroxyl groups is 1. The molecule has 132 valence electrons. The van der Waals surface area contributed by atoms with Gasteiger partial charge in [0.1, 0.15) is 0 Å². The van der Waals surface area contributed by atoms with Crippen LogP contribution in [-0.4, -0.2) is 22.3 Å². The van der Waals surface area contributed by atoms with E-state index in [0.29, 0.717) is 12.3 Å². The molecule has 1 fully saturated rings. The number of aliphatic hydroxyl groups excluding tert-OH is 1. The van der Waals surface area contributed by atoms with Crippen molar-refractivity contribution in [1.82, 2.24) is 0 Å². The quantitative estimate of drug-likeness (QED) is 0.523. The molecule has 2 rings (SSSR count). The fourth-order valence-electron chi connectivity index (χ4n) is 3.36. The van der Waals surface area contributed by atoms with Crippen LogP contribution in [0.5, 0.6) is 0 Å². The summed E-state index contributed by atoms with van der Waals surface area (Å²) >= 11 is 0. The number of aryl methyl sites for hydroxylation is 1. The smallest absolute Gasteiger partial charge is 0.327 e. The molecule has 4 heteroatoms. The van der Waals surface area contributed by atoms with Crippen molar-refractivity contribution in [3.05, 3.63) is 48.0 Å². The largest absolute Gasteiger partial charge is 0.478 e. The van der Waals surface area contributed by atoms with E-state index < -0.39 is 5.97 Å². The van der Waals surface area contributed by atoms with Gasteiger partial charge in [0.25, 0.3) is 0 Å². The SMILES string of the molecule is O=C(O)C=CCC=CCc1cocc1CC[C@H](O)C1CCCCC1. The van der Waals surface area contributed by atoms with Gasteiger partial charge in [-0.1, -0.05) is 37.5 Å². The maximum absolute atomic E-state index is 10.4. The molecule has 1 aliphatic carbocycles. The Labute approximate surface area is 143 Å². The lowest BCUT2D eigenvalue weighted by atomic mass is 9.83. The molecule has 0 unspecified atom stereocenters. The number of carboxylic acid groups (broad SMARTS) is 1. The molecule has 1 aliphatic rings. The Morgan fingerprint density at radius 3 is 2.67 bits per heavy atom. The Morgan fingerprint density at radius 1 is 1.17 bits per heavy atom. The average molecular weight is 332 g/mol. The van der Waals surface area contributed by atoms with E-state index in [1.165, 1.54) is 19.3 Å². The molecule has 1 heterocycles. The molecule has 0 saturated heterocycles. The summed E-state index contributed by atoms with van der Waals surface area (Å²) in [7, 11) is 0. The van der Waals surface area contributed by atoms with Crippen LogP contribution in [0.4, 0.5) is 0 Å². The molecule has 24 heavy (non-hydrogen) atoms. The van der Waals surface area contributed by atoms with Crippen molar-refractivity contribution in [2.75, 3.05) is 0 Å². The van der Waals surface area contributed by atoms with Crippen LogP contribution < -0.4 is 0 Å². The summed E-state index contributed by atoms with van der Waals surface area (Å²) in [5.41, 5.74) is 2.31. The van der Waals surface area contributed by atoms with E-state index in [0.717, 1.165) is 49.3 Å². The van der Waals surface area contributed by atoms with Crippen LogP contribution in [0.25, 0.3) is 0 Å². The van der Waals surface area contributed by atoms with E-state index in [-0.39, 0.29) is 6.10 Å². The fourth-order valence-corrected chi connectivity index (χ4v) is 3.36. The summed E-state index contributed by atoms with van der Waals surface area (Å²) in [6.07, 6.45) is 19.2. The minimum atomic E-state index is -0.919. The van der Waals surface area contributed by atoms with E-state index in [9.17, 15) is 9.90 Å². The van der Waals surface area contributed by atoms with Gasteiger partial charge in [-0.15, -0.1) is 0 Å². The number of carboxylic acids is 1. The monoisotopic (exact) mass is 332 g/mol. The van der Waals surface area contributed by atoms with Crippen molar-refractivity contribution in [2.45, 2.75) is 63.9 Å². The maximum atomic E-state index is 10.4. The third-order valence-electron chi connectivity index (χ3n) is 4.77. The Hall–Kier alpha value is -1.81. The van der Waals surface area contributed by atoms with Crippen LogP contribution >= 0.6 is 0 Å². The third-order valence-corrected chi connectivity index (χ3v) is 4.77. The summed E-state index contributed by atoms with van der Waals surface area (Å²) in [5.74, 6) is -0.452. The highest BCUT2D eigenvalue weighted by atomic mass is 16.4. The second kappa shape index (κ2) is 10.1. The number of carbonyl (C=O) groups is 1. The molecular weight excluding hydrogens is 304 g/mol. The molecule has 0 amide bonds. The lowest BCUT2D eigenvalue weighted by Crippen LogP contribution is -2.23. The Balaban J connectivity index is 1.75. The molecule has 4 nitrogen and oxygen atoms in total. The number of hydrogen-bond acceptors (Lipinski definition) is 3. The van der Waals surface area contributed by atoms with Gasteiger partial charge in [0.15, 0.2) is 0 Å². The van der Waals surface area contributed by atoms with Crippen molar-refractivity contribution in [2.24, 2.45) is 5.92 Å². The normalized spacial score (nSPS) is 17.7. The second-order valence-corrected chi connectivity index (χ2v) is 6.58. The molecule has 1 aromatic heterocycles. The molecule has 0 spiro atoms. The molecule has 0 bridgehead atoms. The van der Waals surface area contributed by atoms with Crippen molar-refractivity contribution >= 4 is 5.97 Å². The van der Waals surface area contributed by atoms with Gasteiger partial charge in [-0.2, -0.15) is 0 Å². The van der Waals surface area contributed by atoms with Crippen LogP contribution in [0.1, 0.15) is 56.1 Å². The van der Waals surface area contributed by atoms with Gasteiger partial charge in [0, 0.05) is 6.08 Å². The first-order valence-corrected chi connectivity index (χ1v) is 8.93. The number of hydrogen-bond donors (Lipinski definition) is 2. The number of aliphatic carboxylic acids is 1. The second-order valence-electron chi connectivity index (χ2n) is 6.58. The van der Waals surface area contributed by atoms with Gasteiger partial charge >= 0.3 is 5.97 Å². The summed E-state index contributed by atoms with van der Waals surface area (Å²) in [5, 5.41) is 18.9. The minimum Gasteiger partial charge on any atom is -0.478 e. The van der Waals surface area contributed by atoms with Crippen LogP contribution in [0.2, 0.25) is 0 Å². The van der Waals surface area contributed by atoms with E-state index in [4.69, 9.17) is 9.52 Å². The van der Waals surface area contributed by atoms with Gasteiger partial charge in [0.2, 0.25) is 0 Å². The predicted octanol–water partition coefficient (Wildman–Crippen LogP) is 4.28. The fraction of sp³-hybridized carbons (Fsp3) is 0.550. The predicted molar refractivity (Wildman–Crippen MR) is 93.8 cm³/mol. The first kappa shape index (κ1) is 18.5. The number of furan rings is 1. The standard InChI is InChI=1S/C20H28O4/c21-19(16-8-5-3-6-9-16)13-12-18-15-24-14-17(18)10-4-1-2-7-11-20(22)23/h1,4,7,11,14-16,19,21H,2-3,5-6,8-10,12-13H2,(H,22,23)/t19-/m0/s1. The third kappa shape index (κ3) is 6.36. The molecular formula is C20H28O4. The molecule has 0 aliphatic heterocycles. The Bertz CT molecular complexity index is 550. The maximum Gasteiger partial charge on any atom is 0.327 e. The molecule has 0 radical (unpaired) electrons. The van der Waals surface area contributed by atoms with Crippen LogP contribution in [0.15, 0.2) is 41.2 Å². The lowest BCUT2D eigenvalue weighted by molar-refractivity contribution is -0.131. The topological polar surface area (TPSA) is 70.7 Å². The van der Waals surface area contributed by atoms with Gasteiger partial charge in [-0.3, -0.25) is 0 Å². The van der Waals surface area contributed by atoms with Crippen LogP contribution in [0.3, 0.4) is 0 Å². The van der Waals surface area contributed by atoms with Crippen LogP contribution in [-0.2, 0) is 17.6 Å². The van der Waals surface area contributed by atoms with Crippen molar-refractivity contribution in [1.29, 1.82) is 0 Å². The van der Waals surface area contributed by atoms with Gasteiger partial charge in [0.05, 0.1) is 18.6 Å². The van der Waals surface area contributed by atoms with Gasteiger partial charge in [-0.05, 0) is 55.6 Å². The zero-order chi connectivity index (χ0) is 17.2. The van der Waals surface area contributed by atoms with E-state index in [1.807, 2.05) is 12.2 Å². The van der Waals surface area contributed by atoms with Crippen molar-refractivity contribution in [3.63, 3.8) is 0 Å². The summed E-state index contributed by atoms with van der Waals surface area (Å²) < 4.78 is 5.33. The molecule has 1 aromatic rings. The van der Waals surface area contributed by atoms with Crippen LogP contribution in [0, 0.1) is 5.92 Å². The van der Waals surface area contributed by atoms with Crippen molar-refractivity contribution in [3.8, 4) is 0 Å². The van der Waals surface area contributed by atoms with E-state index in [2.05, 4.69) is 0 Å². The van der Waals surface area contributed by atoms with Crippen molar-refractivity contribution < 1.29 is 19.4 Å². The van der Waals surface area contributed by atoms with Gasteiger partial charge in [-0.25, -0.2) is 4.79 Å². The van der Waals surface area contributed by atoms with Gasteiger partial charge < -0.3 is 14.6 Å². The molecule has 1 atom stereocenters. The lowest BCUT2D eigenvalue weighted by Gasteiger charge is -2.26. The van der Waals surface area contributed by atoms with E-state index in [1.54, 1.807) is 18.6 Å². The zero-order valence-corrected chi connectivity index (χ0v) is 14.2. The number of allylic oxidation sites excluding steroid dienone is 3. The first-order chi connectivity index (χ1) is 11.7. The minimum absolute atomic E-state index is 0.204. The van der Waals surface area contributed by atoms with E-state index >= 15 is 0 Å². The summed E-state index contributed by atoms with van der Waals surface area (Å²) in [6.45, 7) is 0. The highest BCUT2D eigenvalue weighted by Crippen LogP contribution is 2.28. The average Bonchev–Trinajstić information content (AvgIpc) is 3.03. The molecule has 2 N–H and O–H groups in total. The first-order valence-electron chi connectivity index (χ1n) is 8.93. The Kier molecular flexibility index (Phi) is 7.83. The highest BCUT2D eigenvalue weighted by molar-refractivity contribution is 5.79. The number of rotatable bonds is 9. The molecule has 1 saturated carbocycles.